The fraction of sp³-hybridized carbons (Fsp3) is 0.0769. The molecule has 5 rings (SSSR count). The number of para-hydroxylation sites is 2. The molecule has 0 bridgehead atoms. The Morgan fingerprint density at radius 2 is 1.95 bits per heavy atom. The normalized spacial score (nSPS) is 12.3. The molecule has 2 heterocycles. The van der Waals surface area contributed by atoms with E-state index in [4.69, 9.17) is 20.8 Å². The van der Waals surface area contributed by atoms with Gasteiger partial charge in [0, 0.05) is 22.0 Å². The zero-order valence-electron chi connectivity index (χ0n) is 19.6. The molecule has 2 aromatic heterocycles. The lowest BCUT2D eigenvalue weighted by atomic mass is 10.2. The largest absolute Gasteiger partial charge is 0.479 e. The highest BCUT2D eigenvalue weighted by Gasteiger charge is 2.25. The van der Waals surface area contributed by atoms with Gasteiger partial charge >= 0.3 is 11.7 Å². The van der Waals surface area contributed by atoms with Crippen LogP contribution in [0.3, 0.4) is 0 Å². The van der Waals surface area contributed by atoms with Gasteiger partial charge in [-0.15, -0.1) is 0 Å². The summed E-state index contributed by atoms with van der Waals surface area (Å²) >= 11 is 6.09. The van der Waals surface area contributed by atoms with Gasteiger partial charge in [-0.25, -0.2) is 9.78 Å². The molecule has 0 saturated heterocycles. The number of halogens is 1. The summed E-state index contributed by atoms with van der Waals surface area (Å²) in [6.45, 7) is 1.22. The van der Waals surface area contributed by atoms with E-state index < -0.39 is 28.2 Å². The van der Waals surface area contributed by atoms with Crippen LogP contribution in [0.4, 0.5) is 5.69 Å². The number of nitro groups is 1. The highest BCUT2D eigenvalue weighted by molar-refractivity contribution is 6.31. The van der Waals surface area contributed by atoms with Crippen LogP contribution in [0, 0.1) is 10.1 Å². The van der Waals surface area contributed by atoms with Crippen molar-refractivity contribution in [3.05, 3.63) is 97.8 Å². The Kier molecular flexibility index (Phi) is 6.35. The third-order valence-electron chi connectivity index (χ3n) is 5.61. The van der Waals surface area contributed by atoms with Gasteiger partial charge in [-0.1, -0.05) is 41.9 Å². The number of aromatic nitrogens is 2. The molecule has 190 valence electrons. The van der Waals surface area contributed by atoms with Crippen molar-refractivity contribution in [2.24, 2.45) is 5.10 Å². The molecule has 0 aliphatic rings. The molecule has 1 atom stereocenters. The van der Waals surface area contributed by atoms with Crippen molar-refractivity contribution in [3.8, 4) is 17.3 Å². The van der Waals surface area contributed by atoms with Gasteiger partial charge < -0.3 is 14.3 Å². The number of hydrogen-bond donors (Lipinski definition) is 1. The SMILES string of the molecule is C[C@H](Oc1c(C=Nn2c(-c3cc4ccccc4o3)nc3ccccc3c2=O)cc(Cl)cc1[N+](=O)[O-])C(=O)O. The van der Waals surface area contributed by atoms with Gasteiger partial charge in [0.15, 0.2) is 11.9 Å². The van der Waals surface area contributed by atoms with Gasteiger partial charge in [-0.05, 0) is 37.3 Å². The Labute approximate surface area is 218 Å². The Morgan fingerprint density at radius 3 is 2.68 bits per heavy atom. The standard InChI is InChI=1S/C26H17ClN4O7/c1-14(26(33)34)37-23-16(10-17(27)12-20(23)31(35)36)13-28-30-24(22-11-15-6-2-5-9-21(15)38-22)29-19-8-4-3-7-18(19)25(30)32/h2-14H,1H3,(H,33,34)/t14-/m0/s1. The molecule has 1 N–H and O–H groups in total. The monoisotopic (exact) mass is 532 g/mol. The number of benzene rings is 3. The minimum absolute atomic E-state index is 0.0185. The summed E-state index contributed by atoms with van der Waals surface area (Å²) in [4.78, 5) is 40.3. The molecule has 38 heavy (non-hydrogen) atoms. The van der Waals surface area contributed by atoms with E-state index in [1.165, 1.54) is 13.0 Å². The lowest BCUT2D eigenvalue weighted by molar-refractivity contribution is -0.386. The van der Waals surface area contributed by atoms with Gasteiger partial charge in [-0.3, -0.25) is 14.9 Å². The van der Waals surface area contributed by atoms with Crippen molar-refractivity contribution in [1.82, 2.24) is 9.66 Å². The Morgan fingerprint density at radius 1 is 1.21 bits per heavy atom. The van der Waals surface area contributed by atoms with Crippen LogP contribution >= 0.6 is 11.6 Å². The van der Waals surface area contributed by atoms with Crippen LogP contribution in [0.25, 0.3) is 33.5 Å². The van der Waals surface area contributed by atoms with Crippen molar-refractivity contribution in [3.63, 3.8) is 0 Å². The number of furan rings is 1. The van der Waals surface area contributed by atoms with Gasteiger partial charge in [0.2, 0.25) is 11.6 Å². The number of nitro benzene ring substituents is 1. The van der Waals surface area contributed by atoms with E-state index >= 15 is 0 Å². The second kappa shape index (κ2) is 9.79. The zero-order chi connectivity index (χ0) is 27.0. The minimum atomic E-state index is -1.42. The number of carboxylic acid groups (broad SMARTS) is 1. The van der Waals surface area contributed by atoms with Crippen molar-refractivity contribution >= 4 is 51.3 Å². The number of hydrogen-bond acceptors (Lipinski definition) is 8. The smallest absolute Gasteiger partial charge is 0.344 e. The van der Waals surface area contributed by atoms with Gasteiger partial charge in [0.1, 0.15) is 5.58 Å². The first-order valence-electron chi connectivity index (χ1n) is 11.2. The third kappa shape index (κ3) is 4.58. The van der Waals surface area contributed by atoms with Gasteiger partial charge in [0.25, 0.3) is 5.56 Å². The quantitative estimate of drug-likeness (QED) is 0.173. The molecule has 12 heteroatoms. The van der Waals surface area contributed by atoms with E-state index in [9.17, 15) is 24.8 Å². The Balaban J connectivity index is 1.72. The lowest BCUT2D eigenvalue weighted by Crippen LogP contribution is -2.24. The first-order valence-corrected chi connectivity index (χ1v) is 11.5. The van der Waals surface area contributed by atoms with Crippen LogP contribution in [0.5, 0.6) is 5.75 Å². The number of ether oxygens (including phenoxy) is 1. The van der Waals surface area contributed by atoms with Crippen LogP contribution < -0.4 is 10.3 Å². The maximum absolute atomic E-state index is 13.5. The number of nitrogens with zero attached hydrogens (tertiary/aromatic N) is 4. The lowest BCUT2D eigenvalue weighted by Gasteiger charge is -2.13. The predicted octanol–water partition coefficient (Wildman–Crippen LogP) is 5.11. The summed E-state index contributed by atoms with van der Waals surface area (Å²) in [6, 6.07) is 18.0. The van der Waals surface area contributed by atoms with Crippen LogP contribution in [-0.4, -0.2) is 38.0 Å². The highest BCUT2D eigenvalue weighted by atomic mass is 35.5. The molecule has 0 saturated carbocycles. The molecule has 0 fully saturated rings. The molecule has 3 aromatic carbocycles. The van der Waals surface area contributed by atoms with Crippen LogP contribution in [0.15, 0.2) is 81.0 Å². The van der Waals surface area contributed by atoms with Gasteiger partial charge in [-0.2, -0.15) is 9.78 Å². The fourth-order valence-electron chi connectivity index (χ4n) is 3.79. The zero-order valence-corrected chi connectivity index (χ0v) is 20.3. The summed E-state index contributed by atoms with van der Waals surface area (Å²) in [6.07, 6.45) is -0.300. The Bertz CT molecular complexity index is 1790. The predicted molar refractivity (Wildman–Crippen MR) is 140 cm³/mol. The number of carbonyl (C=O) groups is 1. The van der Waals surface area contributed by atoms with E-state index in [2.05, 4.69) is 10.1 Å². The summed E-state index contributed by atoms with van der Waals surface area (Å²) in [5.41, 5.74) is -0.122. The first kappa shape index (κ1) is 24.7. The first-order chi connectivity index (χ1) is 18.2. The van der Waals surface area contributed by atoms with Crippen LogP contribution in [-0.2, 0) is 4.79 Å². The fourth-order valence-corrected chi connectivity index (χ4v) is 4.01. The Hall–Kier alpha value is -5.03. The highest BCUT2D eigenvalue weighted by Crippen LogP contribution is 2.35. The average Bonchev–Trinajstić information content (AvgIpc) is 3.33. The number of aliphatic carboxylic acids is 1. The van der Waals surface area contributed by atoms with E-state index in [1.807, 2.05) is 12.1 Å². The van der Waals surface area contributed by atoms with E-state index in [0.717, 1.165) is 22.3 Å². The van der Waals surface area contributed by atoms with Crippen molar-refractivity contribution in [1.29, 1.82) is 0 Å². The number of carboxylic acids is 1. The minimum Gasteiger partial charge on any atom is -0.479 e. The molecule has 11 nitrogen and oxygen atoms in total. The van der Waals surface area contributed by atoms with Crippen LogP contribution in [0.2, 0.25) is 5.02 Å². The third-order valence-corrected chi connectivity index (χ3v) is 5.83. The van der Waals surface area contributed by atoms with Crippen LogP contribution in [0.1, 0.15) is 12.5 Å². The molecular formula is C26H17ClN4O7. The summed E-state index contributed by atoms with van der Waals surface area (Å²) in [5.74, 6) is -1.36. The van der Waals surface area contributed by atoms with E-state index in [0.29, 0.717) is 11.1 Å². The second-order valence-corrected chi connectivity index (χ2v) is 8.60. The number of fused-ring (bicyclic) bond motifs is 2. The van der Waals surface area contributed by atoms with E-state index in [1.54, 1.807) is 42.5 Å². The average molecular weight is 533 g/mol. The van der Waals surface area contributed by atoms with E-state index in [-0.39, 0.29) is 33.3 Å². The molecular weight excluding hydrogens is 516 g/mol. The molecule has 0 aliphatic carbocycles. The second-order valence-electron chi connectivity index (χ2n) is 8.16. The molecule has 0 radical (unpaired) electrons. The summed E-state index contributed by atoms with van der Waals surface area (Å²) < 4.78 is 12.3. The molecule has 0 unspecified atom stereocenters. The van der Waals surface area contributed by atoms with Gasteiger partial charge in [0.05, 0.1) is 22.0 Å². The summed E-state index contributed by atoms with van der Waals surface area (Å²) in [7, 11) is 0. The molecule has 0 aliphatic heterocycles. The maximum atomic E-state index is 13.5. The molecule has 5 aromatic rings. The van der Waals surface area contributed by atoms with Crippen molar-refractivity contribution < 1.29 is 24.0 Å². The van der Waals surface area contributed by atoms with Crippen molar-refractivity contribution in [2.75, 3.05) is 0 Å². The van der Waals surface area contributed by atoms with Crippen molar-refractivity contribution in [2.45, 2.75) is 13.0 Å². The summed E-state index contributed by atoms with van der Waals surface area (Å²) in [5, 5.41) is 26.3. The molecule has 0 amide bonds. The maximum Gasteiger partial charge on any atom is 0.344 e. The molecule has 0 spiro atoms. The topological polar surface area (TPSA) is 150 Å². The number of rotatable bonds is 7.